The number of carbonyl (C=O) groups is 1. The minimum atomic E-state index is -0.633. The highest BCUT2D eigenvalue weighted by Crippen LogP contribution is 2.18. The highest BCUT2D eigenvalue weighted by Gasteiger charge is 2.12. The summed E-state index contributed by atoms with van der Waals surface area (Å²) in [4.78, 5) is 18.7. The summed E-state index contributed by atoms with van der Waals surface area (Å²) >= 11 is 0. The first-order chi connectivity index (χ1) is 13.2. The summed E-state index contributed by atoms with van der Waals surface area (Å²) in [6.45, 7) is 6.99. The number of aromatic nitrogens is 1. The van der Waals surface area contributed by atoms with Crippen LogP contribution in [0, 0.1) is 0 Å². The fourth-order valence-corrected chi connectivity index (χ4v) is 2.36. The average Bonchev–Trinajstić information content (AvgIpc) is 2.99. The van der Waals surface area contributed by atoms with E-state index in [1.807, 2.05) is 0 Å². The quantitative estimate of drug-likeness (QED) is 0.437. The fourth-order valence-electron chi connectivity index (χ4n) is 2.36. The Morgan fingerprint density at radius 1 is 0.926 bits per heavy atom. The minimum absolute atomic E-state index is 0.0122. The molecule has 27 heavy (non-hydrogen) atoms. The monoisotopic (exact) mass is 388 g/mol. The zero-order valence-corrected chi connectivity index (χ0v) is 15.4. The van der Waals surface area contributed by atoms with Gasteiger partial charge in [0.1, 0.15) is 0 Å². The van der Waals surface area contributed by atoms with Crippen molar-refractivity contribution in [2.75, 3.05) is 72.5 Å². The first-order valence-corrected chi connectivity index (χ1v) is 9.01. The Bertz CT molecular complexity index is 526. The predicted molar refractivity (Wildman–Crippen MR) is 93.7 cm³/mol. The summed E-state index contributed by atoms with van der Waals surface area (Å²) in [6, 6.07) is 2.42. The van der Waals surface area contributed by atoms with Gasteiger partial charge in [-0.2, -0.15) is 0 Å². The van der Waals surface area contributed by atoms with Crippen molar-refractivity contribution in [2.45, 2.75) is 6.42 Å². The van der Waals surface area contributed by atoms with Gasteiger partial charge in [-0.25, -0.2) is 4.79 Å². The molecule has 2 rings (SSSR count). The first-order valence-electron chi connectivity index (χ1n) is 9.01. The molecule has 1 aliphatic heterocycles. The summed E-state index contributed by atoms with van der Waals surface area (Å²) in [7, 11) is 0. The molecule has 0 spiro atoms. The summed E-state index contributed by atoms with van der Waals surface area (Å²) < 4.78 is 22.1. The van der Waals surface area contributed by atoms with E-state index in [0.717, 1.165) is 32.8 Å². The third-order valence-electron chi connectivity index (χ3n) is 3.84. The summed E-state index contributed by atoms with van der Waals surface area (Å²) in [5.41, 5.74) is 0. The smallest absolute Gasteiger partial charge is 0.335 e. The Morgan fingerprint density at radius 2 is 1.48 bits per heavy atom. The van der Waals surface area contributed by atoms with Crippen LogP contribution < -0.4 is 4.84 Å². The van der Waals surface area contributed by atoms with Gasteiger partial charge < -0.3 is 34.0 Å². The van der Waals surface area contributed by atoms with Crippen molar-refractivity contribution in [1.29, 1.82) is 0 Å². The molecule has 1 aromatic heterocycles. The maximum atomic E-state index is 11.6. The second-order valence-electron chi connectivity index (χ2n) is 5.85. The molecular weight excluding hydrogens is 360 g/mol. The average molecular weight is 388 g/mol. The zero-order valence-electron chi connectivity index (χ0n) is 15.4. The molecule has 0 radical (unpaired) electrons. The number of hydrogen-bond donors (Lipinski definition) is 2. The molecule has 2 N–H and O–H groups in total. The lowest BCUT2D eigenvalue weighted by molar-refractivity contribution is -0.146. The van der Waals surface area contributed by atoms with E-state index in [9.17, 15) is 15.0 Å². The van der Waals surface area contributed by atoms with Crippen molar-refractivity contribution in [3.63, 3.8) is 0 Å². The van der Waals surface area contributed by atoms with Crippen molar-refractivity contribution < 1.29 is 38.8 Å². The molecule has 0 saturated carbocycles. The molecule has 0 aromatic carbocycles. The van der Waals surface area contributed by atoms with Gasteiger partial charge in [0.05, 0.1) is 59.3 Å². The van der Waals surface area contributed by atoms with Gasteiger partial charge in [-0.3, -0.25) is 4.90 Å². The van der Waals surface area contributed by atoms with Crippen LogP contribution in [0.5, 0.6) is 11.8 Å². The molecule has 1 aliphatic rings. The van der Waals surface area contributed by atoms with E-state index in [1.54, 1.807) is 0 Å². The molecule has 1 saturated heterocycles. The van der Waals surface area contributed by atoms with Crippen molar-refractivity contribution in [3.05, 3.63) is 12.1 Å². The van der Waals surface area contributed by atoms with Crippen LogP contribution in [0.1, 0.15) is 6.42 Å². The summed E-state index contributed by atoms with van der Waals surface area (Å²) in [5, 5.41) is 18.7. The Morgan fingerprint density at radius 3 is 2.11 bits per heavy atom. The molecule has 154 valence electrons. The van der Waals surface area contributed by atoms with E-state index in [4.69, 9.17) is 23.8 Å². The standard InChI is InChI=1S/C17H28N2O8/c20-15-1-2-16(21)19(15)27-17(22)3-7-23-11-13-26-14-12-25-10-6-18-4-8-24-9-5-18/h1-2,20-21H,3-14H2. The second kappa shape index (κ2) is 12.5. The van der Waals surface area contributed by atoms with Crippen LogP contribution in [0.3, 0.4) is 0 Å². The molecule has 1 aromatic rings. The predicted octanol–water partition coefficient (Wildman–Crippen LogP) is -0.373. The van der Waals surface area contributed by atoms with Crippen LogP contribution in [-0.2, 0) is 23.7 Å². The van der Waals surface area contributed by atoms with Crippen molar-refractivity contribution in [1.82, 2.24) is 9.63 Å². The van der Waals surface area contributed by atoms with Gasteiger partial charge in [-0.1, -0.05) is 0 Å². The van der Waals surface area contributed by atoms with E-state index in [0.29, 0.717) is 37.8 Å². The molecule has 2 heterocycles. The molecular formula is C17H28N2O8. The summed E-state index contributed by atoms with van der Waals surface area (Å²) in [5.74, 6) is -1.35. The van der Waals surface area contributed by atoms with E-state index in [1.165, 1.54) is 12.1 Å². The number of rotatable bonds is 13. The number of aromatic hydroxyl groups is 2. The fraction of sp³-hybridized carbons (Fsp3) is 0.706. The Hall–Kier alpha value is -1.85. The lowest BCUT2D eigenvalue weighted by atomic mass is 10.4. The molecule has 10 heteroatoms. The molecule has 1 fully saturated rings. The molecule has 0 atom stereocenters. The van der Waals surface area contributed by atoms with Crippen LogP contribution in [0.2, 0.25) is 0 Å². The highest BCUT2D eigenvalue weighted by molar-refractivity contribution is 5.70. The maximum Gasteiger partial charge on any atom is 0.335 e. The van der Waals surface area contributed by atoms with Gasteiger partial charge in [-0.15, -0.1) is 4.73 Å². The van der Waals surface area contributed by atoms with E-state index in [-0.39, 0.29) is 24.8 Å². The van der Waals surface area contributed by atoms with Crippen LogP contribution in [0.4, 0.5) is 0 Å². The number of ether oxygens (including phenoxy) is 4. The third-order valence-corrected chi connectivity index (χ3v) is 3.84. The number of carbonyl (C=O) groups excluding carboxylic acids is 1. The number of morpholine rings is 1. The van der Waals surface area contributed by atoms with Crippen LogP contribution in [-0.4, -0.2) is 98.3 Å². The van der Waals surface area contributed by atoms with Gasteiger partial charge in [0.15, 0.2) is 0 Å². The first kappa shape index (κ1) is 21.5. The lowest BCUT2D eigenvalue weighted by Crippen LogP contribution is -2.38. The van der Waals surface area contributed by atoms with Crippen molar-refractivity contribution >= 4 is 5.97 Å². The van der Waals surface area contributed by atoms with Crippen molar-refractivity contribution in [3.8, 4) is 11.8 Å². The molecule has 0 aliphatic carbocycles. The van der Waals surface area contributed by atoms with E-state index >= 15 is 0 Å². The maximum absolute atomic E-state index is 11.6. The number of hydrogen-bond acceptors (Lipinski definition) is 9. The molecule has 10 nitrogen and oxygen atoms in total. The lowest BCUT2D eigenvalue weighted by Gasteiger charge is -2.26. The van der Waals surface area contributed by atoms with E-state index in [2.05, 4.69) is 4.90 Å². The minimum Gasteiger partial charge on any atom is -0.492 e. The van der Waals surface area contributed by atoms with Crippen LogP contribution in [0.15, 0.2) is 12.1 Å². The number of nitrogens with zero attached hydrogens (tertiary/aromatic N) is 2. The Labute approximate surface area is 158 Å². The molecule has 0 amide bonds. The van der Waals surface area contributed by atoms with Gasteiger partial charge in [0.25, 0.3) is 0 Å². The zero-order chi connectivity index (χ0) is 19.3. The van der Waals surface area contributed by atoms with Crippen LogP contribution in [0.25, 0.3) is 0 Å². The van der Waals surface area contributed by atoms with Gasteiger partial charge >= 0.3 is 5.97 Å². The van der Waals surface area contributed by atoms with Crippen LogP contribution >= 0.6 is 0 Å². The van der Waals surface area contributed by atoms with Crippen molar-refractivity contribution in [2.24, 2.45) is 0 Å². The molecule has 0 unspecified atom stereocenters. The van der Waals surface area contributed by atoms with E-state index < -0.39 is 5.97 Å². The normalized spacial score (nSPS) is 15.1. The van der Waals surface area contributed by atoms with Gasteiger partial charge in [0, 0.05) is 31.8 Å². The third kappa shape index (κ3) is 8.59. The van der Waals surface area contributed by atoms with Gasteiger partial charge in [-0.05, 0) is 0 Å². The second-order valence-corrected chi connectivity index (χ2v) is 5.85. The Balaban J connectivity index is 1.35. The molecule has 0 bridgehead atoms. The van der Waals surface area contributed by atoms with Gasteiger partial charge in [0.2, 0.25) is 11.8 Å². The SMILES string of the molecule is O=C(CCOCCOCCOCCN1CCOCC1)On1c(O)ccc1O. The highest BCUT2D eigenvalue weighted by atomic mass is 16.7. The Kier molecular flexibility index (Phi) is 9.95. The topological polar surface area (TPSA) is 112 Å². The summed E-state index contributed by atoms with van der Waals surface area (Å²) in [6.07, 6.45) is -0.0122. The largest absolute Gasteiger partial charge is 0.492 e.